The topological polar surface area (TPSA) is 20.2 Å². The lowest BCUT2D eigenvalue weighted by atomic mass is 9.64. The van der Waals surface area contributed by atoms with Crippen LogP contribution in [0.3, 0.4) is 0 Å². The molecule has 0 aliphatic heterocycles. The van der Waals surface area contributed by atoms with E-state index in [1.54, 1.807) is 5.57 Å². The van der Waals surface area contributed by atoms with Gasteiger partial charge in [-0.3, -0.25) is 0 Å². The van der Waals surface area contributed by atoms with Crippen molar-refractivity contribution in [2.75, 3.05) is 0 Å². The monoisotopic (exact) mass is 220 g/mol. The molecule has 4 atom stereocenters. The predicted molar refractivity (Wildman–Crippen MR) is 68.1 cm³/mol. The number of hydrogen-bond acceptors (Lipinski definition) is 1. The number of hydrogen-bond donors (Lipinski definition) is 1. The quantitative estimate of drug-likeness (QED) is 0.617. The smallest absolute Gasteiger partial charge is 0.0750 e. The van der Waals surface area contributed by atoms with Crippen molar-refractivity contribution in [1.29, 1.82) is 0 Å². The molecule has 1 heteroatoms. The SMILES string of the molecule is CC1=CC2C(=C(C)C)CCC(C)C2CC1O. The van der Waals surface area contributed by atoms with E-state index >= 15 is 0 Å². The molecule has 0 bridgehead atoms. The fourth-order valence-electron chi connectivity index (χ4n) is 3.40. The van der Waals surface area contributed by atoms with Crippen molar-refractivity contribution in [3.8, 4) is 0 Å². The summed E-state index contributed by atoms with van der Waals surface area (Å²) in [4.78, 5) is 0. The standard InChI is InChI=1S/C15H24O/c1-9(2)12-6-5-10(3)13-8-15(16)11(4)7-14(12)13/h7,10,13-16H,5-6,8H2,1-4H3. The first-order chi connectivity index (χ1) is 7.50. The number of rotatable bonds is 0. The second kappa shape index (κ2) is 4.37. The third kappa shape index (κ3) is 1.98. The Morgan fingerprint density at radius 2 is 2.06 bits per heavy atom. The van der Waals surface area contributed by atoms with Gasteiger partial charge in [0.25, 0.3) is 0 Å². The molecule has 2 aliphatic rings. The van der Waals surface area contributed by atoms with Gasteiger partial charge in [-0.25, -0.2) is 0 Å². The summed E-state index contributed by atoms with van der Waals surface area (Å²) in [5.74, 6) is 2.03. The highest BCUT2D eigenvalue weighted by Gasteiger charge is 2.37. The fraction of sp³-hybridized carbons (Fsp3) is 0.733. The van der Waals surface area contributed by atoms with Crippen LogP contribution in [0.25, 0.3) is 0 Å². The molecule has 2 rings (SSSR count). The van der Waals surface area contributed by atoms with Crippen LogP contribution >= 0.6 is 0 Å². The Hall–Kier alpha value is -0.560. The van der Waals surface area contributed by atoms with Crippen molar-refractivity contribution >= 4 is 0 Å². The molecule has 90 valence electrons. The van der Waals surface area contributed by atoms with Gasteiger partial charge in [-0.1, -0.05) is 24.1 Å². The second-order valence-electron chi connectivity index (χ2n) is 5.89. The first-order valence-corrected chi connectivity index (χ1v) is 6.53. The van der Waals surface area contributed by atoms with Gasteiger partial charge in [-0.2, -0.15) is 0 Å². The summed E-state index contributed by atoms with van der Waals surface area (Å²) in [6, 6.07) is 0. The molecule has 4 unspecified atom stereocenters. The summed E-state index contributed by atoms with van der Waals surface area (Å²) in [6.45, 7) is 8.89. The van der Waals surface area contributed by atoms with Gasteiger partial charge in [0.1, 0.15) is 0 Å². The molecule has 0 heterocycles. The Morgan fingerprint density at radius 3 is 2.69 bits per heavy atom. The van der Waals surface area contributed by atoms with Crippen LogP contribution in [0.4, 0.5) is 0 Å². The minimum atomic E-state index is -0.194. The van der Waals surface area contributed by atoms with Crippen molar-refractivity contribution in [1.82, 2.24) is 0 Å². The third-order valence-electron chi connectivity index (χ3n) is 4.57. The minimum absolute atomic E-state index is 0.194. The molecule has 0 radical (unpaired) electrons. The Kier molecular flexibility index (Phi) is 3.25. The van der Waals surface area contributed by atoms with Crippen molar-refractivity contribution < 1.29 is 5.11 Å². The Morgan fingerprint density at radius 1 is 1.38 bits per heavy atom. The van der Waals surface area contributed by atoms with Gasteiger partial charge in [-0.05, 0) is 57.4 Å². The molecule has 0 aromatic heterocycles. The molecular weight excluding hydrogens is 196 g/mol. The van der Waals surface area contributed by atoms with E-state index in [2.05, 4.69) is 33.8 Å². The van der Waals surface area contributed by atoms with Gasteiger partial charge in [-0.15, -0.1) is 0 Å². The van der Waals surface area contributed by atoms with E-state index in [1.807, 2.05) is 0 Å². The third-order valence-corrected chi connectivity index (χ3v) is 4.57. The molecule has 2 aliphatic carbocycles. The first-order valence-electron chi connectivity index (χ1n) is 6.53. The highest BCUT2D eigenvalue weighted by Crippen LogP contribution is 2.46. The van der Waals surface area contributed by atoms with Gasteiger partial charge in [0.2, 0.25) is 0 Å². The molecule has 0 aromatic carbocycles. The maximum Gasteiger partial charge on any atom is 0.0750 e. The number of aliphatic hydroxyl groups excluding tert-OH is 1. The largest absolute Gasteiger partial charge is 0.389 e. The summed E-state index contributed by atoms with van der Waals surface area (Å²) in [5, 5.41) is 9.97. The molecule has 1 saturated carbocycles. The lowest BCUT2D eigenvalue weighted by molar-refractivity contribution is 0.113. The zero-order valence-electron chi connectivity index (χ0n) is 11.0. The van der Waals surface area contributed by atoms with Crippen molar-refractivity contribution in [3.63, 3.8) is 0 Å². The predicted octanol–water partition coefficient (Wildman–Crippen LogP) is 3.70. The van der Waals surface area contributed by atoms with E-state index in [1.165, 1.54) is 24.0 Å². The number of allylic oxidation sites excluding steroid dienone is 3. The molecule has 1 nitrogen and oxygen atoms in total. The average Bonchev–Trinajstić information content (AvgIpc) is 2.21. The molecule has 0 amide bonds. The maximum absolute atomic E-state index is 9.97. The first kappa shape index (κ1) is 11.9. The van der Waals surface area contributed by atoms with Gasteiger partial charge >= 0.3 is 0 Å². The van der Waals surface area contributed by atoms with Gasteiger partial charge < -0.3 is 5.11 Å². The Labute approximate surface area is 99.3 Å². The van der Waals surface area contributed by atoms with Gasteiger partial charge in [0.15, 0.2) is 0 Å². The van der Waals surface area contributed by atoms with Gasteiger partial charge in [0.05, 0.1) is 6.10 Å². The van der Waals surface area contributed by atoms with Crippen molar-refractivity contribution in [2.24, 2.45) is 17.8 Å². The zero-order valence-corrected chi connectivity index (χ0v) is 11.0. The molecule has 0 spiro atoms. The Bertz CT molecular complexity index is 333. The highest BCUT2D eigenvalue weighted by molar-refractivity contribution is 5.27. The normalized spacial score (nSPS) is 39.1. The molecule has 0 saturated heterocycles. The lowest BCUT2D eigenvalue weighted by Gasteiger charge is -2.42. The van der Waals surface area contributed by atoms with Crippen LogP contribution in [-0.4, -0.2) is 11.2 Å². The molecular formula is C15H24O. The lowest BCUT2D eigenvalue weighted by Crippen LogP contribution is -2.35. The summed E-state index contributed by atoms with van der Waals surface area (Å²) >= 11 is 0. The van der Waals surface area contributed by atoms with Crippen LogP contribution in [0.1, 0.15) is 47.0 Å². The summed E-state index contributed by atoms with van der Waals surface area (Å²) in [5.41, 5.74) is 4.30. The van der Waals surface area contributed by atoms with Crippen LogP contribution in [0.5, 0.6) is 0 Å². The summed E-state index contributed by atoms with van der Waals surface area (Å²) in [7, 11) is 0. The van der Waals surface area contributed by atoms with Crippen molar-refractivity contribution in [3.05, 3.63) is 22.8 Å². The van der Waals surface area contributed by atoms with E-state index in [0.29, 0.717) is 11.8 Å². The molecule has 1 N–H and O–H groups in total. The van der Waals surface area contributed by atoms with E-state index in [0.717, 1.165) is 12.3 Å². The number of fused-ring (bicyclic) bond motifs is 1. The molecule has 1 fully saturated rings. The minimum Gasteiger partial charge on any atom is -0.389 e. The van der Waals surface area contributed by atoms with Crippen LogP contribution < -0.4 is 0 Å². The van der Waals surface area contributed by atoms with E-state index < -0.39 is 0 Å². The highest BCUT2D eigenvalue weighted by atomic mass is 16.3. The van der Waals surface area contributed by atoms with Crippen LogP contribution in [-0.2, 0) is 0 Å². The van der Waals surface area contributed by atoms with Crippen LogP contribution in [0.2, 0.25) is 0 Å². The van der Waals surface area contributed by atoms with Crippen molar-refractivity contribution in [2.45, 2.75) is 53.1 Å². The molecule has 0 aromatic rings. The molecule has 16 heavy (non-hydrogen) atoms. The maximum atomic E-state index is 9.97. The zero-order chi connectivity index (χ0) is 11.9. The second-order valence-corrected chi connectivity index (χ2v) is 5.89. The number of aliphatic hydroxyl groups is 1. The van der Waals surface area contributed by atoms with E-state index in [-0.39, 0.29) is 6.10 Å². The summed E-state index contributed by atoms with van der Waals surface area (Å²) < 4.78 is 0. The van der Waals surface area contributed by atoms with Crippen LogP contribution in [0.15, 0.2) is 22.8 Å². The Balaban J connectivity index is 2.36. The summed E-state index contributed by atoms with van der Waals surface area (Å²) in [6.07, 6.45) is 5.65. The van der Waals surface area contributed by atoms with E-state index in [4.69, 9.17) is 0 Å². The fourth-order valence-corrected chi connectivity index (χ4v) is 3.40. The van der Waals surface area contributed by atoms with E-state index in [9.17, 15) is 5.11 Å². The van der Waals surface area contributed by atoms with Crippen LogP contribution in [0, 0.1) is 17.8 Å². The van der Waals surface area contributed by atoms with Gasteiger partial charge in [0, 0.05) is 5.92 Å². The average molecular weight is 220 g/mol.